The Balaban J connectivity index is 2.31. The minimum Gasteiger partial charge on any atom is -0.398 e. The maximum Gasteiger partial charge on any atom is 0.273 e. The van der Waals surface area contributed by atoms with Crippen LogP contribution >= 0.6 is 15.9 Å². The van der Waals surface area contributed by atoms with Crippen LogP contribution in [0.25, 0.3) is 0 Å². The Morgan fingerprint density at radius 2 is 1.96 bits per heavy atom. The third kappa shape index (κ3) is 5.16. The molecule has 0 heterocycles. The number of nitrogens with zero attached hydrogens (tertiary/aromatic N) is 2. The summed E-state index contributed by atoms with van der Waals surface area (Å²) in [5.74, 6) is -0.775. The molecular weight excluding hydrogens is 429 g/mol. The lowest BCUT2D eigenvalue weighted by Crippen LogP contribution is -2.29. The van der Waals surface area contributed by atoms with Gasteiger partial charge < -0.3 is 15.0 Å². The largest absolute Gasteiger partial charge is 0.398 e. The predicted molar refractivity (Wildman–Crippen MR) is 110 cm³/mol. The molecule has 0 saturated heterocycles. The Bertz CT molecular complexity index is 929. The zero-order valence-corrected chi connectivity index (χ0v) is 17.6. The molecule has 0 spiro atoms. The molecule has 28 heavy (non-hydrogen) atoms. The second-order valence-corrected chi connectivity index (χ2v) is 6.79. The number of amides is 1. The van der Waals surface area contributed by atoms with E-state index in [2.05, 4.69) is 31.6 Å². The van der Waals surface area contributed by atoms with E-state index in [9.17, 15) is 9.18 Å². The van der Waals surface area contributed by atoms with Crippen LogP contribution in [0, 0.1) is 12.7 Å². The molecule has 2 aromatic carbocycles. The van der Waals surface area contributed by atoms with Crippen LogP contribution in [0.1, 0.15) is 29.2 Å². The number of hydrogen-bond donors (Lipinski definition) is 1. The summed E-state index contributed by atoms with van der Waals surface area (Å²) < 4.78 is 14.7. The Kier molecular flexibility index (Phi) is 7.69. The van der Waals surface area contributed by atoms with Crippen LogP contribution in [0.2, 0.25) is 0 Å². The first-order chi connectivity index (χ1) is 13.4. The van der Waals surface area contributed by atoms with Crippen molar-refractivity contribution in [3.63, 3.8) is 0 Å². The van der Waals surface area contributed by atoms with E-state index in [-0.39, 0.29) is 18.2 Å². The lowest BCUT2D eigenvalue weighted by atomic mass is 9.98. The Morgan fingerprint density at radius 1 is 1.21 bits per heavy atom. The van der Waals surface area contributed by atoms with Crippen molar-refractivity contribution in [2.75, 3.05) is 14.2 Å². The zero-order chi connectivity index (χ0) is 20.7. The minimum atomic E-state index is -0.390. The van der Waals surface area contributed by atoms with E-state index in [0.717, 1.165) is 15.6 Å². The Hall–Kier alpha value is -2.74. The first-order valence-electron chi connectivity index (χ1n) is 8.43. The van der Waals surface area contributed by atoms with Crippen LogP contribution in [0.4, 0.5) is 4.39 Å². The van der Waals surface area contributed by atoms with E-state index in [4.69, 9.17) is 9.68 Å². The van der Waals surface area contributed by atoms with Gasteiger partial charge in [0.1, 0.15) is 19.5 Å². The summed E-state index contributed by atoms with van der Waals surface area (Å²) in [6.45, 7) is 3.63. The van der Waals surface area contributed by atoms with E-state index >= 15 is 0 Å². The van der Waals surface area contributed by atoms with Gasteiger partial charge in [-0.3, -0.25) is 4.79 Å². The fraction of sp³-hybridized carbons (Fsp3) is 0.250. The second kappa shape index (κ2) is 9.98. The van der Waals surface area contributed by atoms with Crippen molar-refractivity contribution in [3.05, 3.63) is 68.9 Å². The number of halogens is 2. The first-order valence-corrected chi connectivity index (χ1v) is 9.22. The Morgan fingerprint density at radius 3 is 2.64 bits per heavy atom. The van der Waals surface area contributed by atoms with Gasteiger partial charge in [0.05, 0.1) is 5.71 Å². The van der Waals surface area contributed by atoms with Crippen molar-refractivity contribution in [2.24, 2.45) is 10.3 Å². The smallest absolute Gasteiger partial charge is 0.273 e. The first kappa shape index (κ1) is 21.6. The quantitative estimate of drug-likeness (QED) is 0.513. The molecule has 0 aliphatic carbocycles. The summed E-state index contributed by atoms with van der Waals surface area (Å²) in [4.78, 5) is 22.5. The minimum absolute atomic E-state index is 0.0781. The van der Waals surface area contributed by atoms with Crippen molar-refractivity contribution in [3.8, 4) is 0 Å². The van der Waals surface area contributed by atoms with Gasteiger partial charge >= 0.3 is 0 Å². The molecule has 0 radical (unpaired) electrons. The third-order valence-electron chi connectivity index (χ3n) is 4.02. The van der Waals surface area contributed by atoms with Crippen molar-refractivity contribution in [2.45, 2.75) is 20.5 Å². The SMILES string of the molecule is CNC(=O)/C(=N/OC)c1cccc(C)c1CO/N=C(\C)c1cc(Br)ccc1F. The van der Waals surface area contributed by atoms with E-state index in [1.54, 1.807) is 25.1 Å². The van der Waals surface area contributed by atoms with Crippen molar-refractivity contribution in [1.82, 2.24) is 5.32 Å². The fourth-order valence-electron chi connectivity index (χ4n) is 2.56. The van der Waals surface area contributed by atoms with Crippen LogP contribution in [0.15, 0.2) is 51.2 Å². The van der Waals surface area contributed by atoms with Crippen molar-refractivity contribution < 1.29 is 18.9 Å². The molecular formula is C20H21BrFN3O3. The molecule has 0 unspecified atom stereocenters. The fourth-order valence-corrected chi connectivity index (χ4v) is 2.92. The number of carbonyl (C=O) groups is 1. The highest BCUT2D eigenvalue weighted by Gasteiger charge is 2.19. The second-order valence-electron chi connectivity index (χ2n) is 5.88. The van der Waals surface area contributed by atoms with Gasteiger partial charge in [-0.05, 0) is 37.6 Å². The monoisotopic (exact) mass is 449 g/mol. The van der Waals surface area contributed by atoms with Crippen LogP contribution < -0.4 is 5.32 Å². The van der Waals surface area contributed by atoms with Gasteiger partial charge in [-0.15, -0.1) is 0 Å². The molecule has 0 aromatic heterocycles. The number of hydrogen-bond acceptors (Lipinski definition) is 5. The highest BCUT2D eigenvalue weighted by molar-refractivity contribution is 9.10. The number of likely N-dealkylation sites (N-methyl/N-ethyl adjacent to an activating group) is 1. The highest BCUT2D eigenvalue weighted by atomic mass is 79.9. The molecule has 148 valence electrons. The maximum absolute atomic E-state index is 14.0. The number of rotatable bonds is 7. The van der Waals surface area contributed by atoms with Crippen molar-refractivity contribution >= 4 is 33.3 Å². The standard InChI is InChI=1S/C20H21BrFN3O3/c1-12-6-5-7-15(19(25-27-4)20(26)23-3)17(12)11-28-24-13(2)16-10-14(21)8-9-18(16)22/h5-10H,11H2,1-4H3,(H,23,26)/b24-13+,25-19+. The lowest BCUT2D eigenvalue weighted by molar-refractivity contribution is -0.114. The molecule has 0 saturated carbocycles. The average molecular weight is 450 g/mol. The van der Waals surface area contributed by atoms with E-state index in [1.807, 2.05) is 19.1 Å². The molecule has 0 aliphatic rings. The number of oxime groups is 2. The molecule has 1 N–H and O–H groups in total. The summed E-state index contributed by atoms with van der Waals surface area (Å²) in [6.07, 6.45) is 0. The van der Waals surface area contributed by atoms with Gasteiger partial charge in [0, 0.05) is 28.2 Å². The van der Waals surface area contributed by atoms with Crippen molar-refractivity contribution in [1.29, 1.82) is 0 Å². The Labute approximate surface area is 171 Å². The van der Waals surface area contributed by atoms with E-state index < -0.39 is 5.82 Å². The van der Waals surface area contributed by atoms with Crippen LogP contribution in [-0.2, 0) is 21.1 Å². The van der Waals surface area contributed by atoms with Gasteiger partial charge in [0.15, 0.2) is 5.71 Å². The molecule has 2 rings (SSSR count). The van der Waals surface area contributed by atoms with Gasteiger partial charge in [-0.25, -0.2) is 4.39 Å². The molecule has 8 heteroatoms. The molecule has 0 bridgehead atoms. The summed E-state index contributed by atoms with van der Waals surface area (Å²) in [7, 11) is 2.88. The third-order valence-corrected chi connectivity index (χ3v) is 4.51. The molecule has 0 fully saturated rings. The topological polar surface area (TPSA) is 72.3 Å². The number of nitrogens with one attached hydrogen (secondary N) is 1. The van der Waals surface area contributed by atoms with Gasteiger partial charge in [-0.2, -0.15) is 0 Å². The van der Waals surface area contributed by atoms with Crippen LogP contribution in [-0.4, -0.2) is 31.5 Å². The molecule has 0 aliphatic heterocycles. The summed E-state index contributed by atoms with van der Waals surface area (Å²) in [5, 5.41) is 10.4. The highest BCUT2D eigenvalue weighted by Crippen LogP contribution is 2.19. The molecule has 2 aromatic rings. The summed E-state index contributed by atoms with van der Waals surface area (Å²) in [5.41, 5.74) is 3.06. The van der Waals surface area contributed by atoms with Crippen LogP contribution in [0.3, 0.4) is 0 Å². The molecule has 6 nitrogen and oxygen atoms in total. The van der Waals surface area contributed by atoms with E-state index in [0.29, 0.717) is 16.8 Å². The number of carbonyl (C=O) groups excluding carboxylic acids is 1. The zero-order valence-electron chi connectivity index (χ0n) is 16.0. The summed E-state index contributed by atoms with van der Waals surface area (Å²) >= 11 is 3.31. The average Bonchev–Trinajstić information content (AvgIpc) is 2.68. The van der Waals surface area contributed by atoms with Gasteiger partial charge in [-0.1, -0.05) is 44.4 Å². The van der Waals surface area contributed by atoms with Crippen LogP contribution in [0.5, 0.6) is 0 Å². The summed E-state index contributed by atoms with van der Waals surface area (Å²) in [6, 6.07) is 10.1. The molecule has 1 amide bonds. The predicted octanol–water partition coefficient (Wildman–Crippen LogP) is 3.93. The maximum atomic E-state index is 14.0. The van der Waals surface area contributed by atoms with Gasteiger partial charge in [0.2, 0.25) is 0 Å². The number of benzene rings is 2. The lowest BCUT2D eigenvalue weighted by Gasteiger charge is -2.13. The number of aryl methyl sites for hydroxylation is 1. The van der Waals surface area contributed by atoms with E-state index in [1.165, 1.54) is 20.2 Å². The molecule has 0 atom stereocenters. The van der Waals surface area contributed by atoms with Gasteiger partial charge in [0.25, 0.3) is 5.91 Å². The normalized spacial score (nSPS) is 11.9.